The minimum Gasteiger partial charge on any atom is -0.454 e. The van der Waals surface area contributed by atoms with Crippen LogP contribution in [0.2, 0.25) is 0 Å². The predicted molar refractivity (Wildman–Crippen MR) is 111 cm³/mol. The summed E-state index contributed by atoms with van der Waals surface area (Å²) in [4.78, 5) is 35.9. The lowest BCUT2D eigenvalue weighted by Gasteiger charge is -2.11. The quantitative estimate of drug-likeness (QED) is 0.447. The first kappa shape index (κ1) is 21.4. The number of amides is 3. The summed E-state index contributed by atoms with van der Waals surface area (Å²) in [5, 5.41) is 4.92. The maximum Gasteiger partial charge on any atom is 0.337 e. The van der Waals surface area contributed by atoms with E-state index in [9.17, 15) is 14.0 Å². The van der Waals surface area contributed by atoms with Gasteiger partial charge in [-0.25, -0.2) is 24.6 Å². The number of anilines is 2. The fourth-order valence-corrected chi connectivity index (χ4v) is 2.57. The van der Waals surface area contributed by atoms with Gasteiger partial charge in [0.1, 0.15) is 11.4 Å². The Hall–Kier alpha value is -4.28. The third-order valence-electron chi connectivity index (χ3n) is 3.88. The molecule has 0 aliphatic carbocycles. The molecule has 3 amide bonds. The van der Waals surface area contributed by atoms with Gasteiger partial charge in [-0.1, -0.05) is 0 Å². The summed E-state index contributed by atoms with van der Waals surface area (Å²) in [5.41, 5.74) is 6.78. The highest BCUT2D eigenvalue weighted by Crippen LogP contribution is 2.26. The number of benzene rings is 1. The smallest absolute Gasteiger partial charge is 0.337 e. The Labute approximate surface area is 177 Å². The number of pyridine rings is 1. The second-order valence-corrected chi connectivity index (χ2v) is 6.38. The van der Waals surface area contributed by atoms with E-state index in [1.165, 1.54) is 37.5 Å². The second-order valence-electron chi connectivity index (χ2n) is 6.38. The fraction of sp³-hybridized carbons (Fsp3) is 0.150. The van der Waals surface area contributed by atoms with Crippen molar-refractivity contribution in [2.75, 3.05) is 17.8 Å². The van der Waals surface area contributed by atoms with E-state index in [1.54, 1.807) is 19.9 Å². The molecule has 2 heterocycles. The van der Waals surface area contributed by atoms with Crippen molar-refractivity contribution >= 4 is 23.6 Å². The van der Waals surface area contributed by atoms with E-state index in [2.05, 4.69) is 36.4 Å². The van der Waals surface area contributed by atoms with E-state index in [4.69, 9.17) is 4.74 Å². The van der Waals surface area contributed by atoms with Gasteiger partial charge in [0.2, 0.25) is 5.95 Å². The van der Waals surface area contributed by atoms with Gasteiger partial charge in [0.05, 0.1) is 0 Å². The highest BCUT2D eigenvalue weighted by atomic mass is 19.1. The third kappa shape index (κ3) is 5.85. The minimum atomic E-state index is -0.707. The Morgan fingerprint density at radius 3 is 2.45 bits per heavy atom. The van der Waals surface area contributed by atoms with E-state index in [1.807, 2.05) is 0 Å². The highest BCUT2D eigenvalue weighted by Gasteiger charge is 2.11. The van der Waals surface area contributed by atoms with Crippen LogP contribution in [0, 0.1) is 19.7 Å². The first-order chi connectivity index (χ1) is 14.8. The summed E-state index contributed by atoms with van der Waals surface area (Å²) in [6.07, 6.45) is 1.38. The molecule has 0 aliphatic rings. The van der Waals surface area contributed by atoms with E-state index in [0.29, 0.717) is 0 Å². The number of ether oxygens (including phenoxy) is 1. The Morgan fingerprint density at radius 2 is 1.77 bits per heavy atom. The van der Waals surface area contributed by atoms with E-state index < -0.39 is 17.8 Å². The molecule has 0 saturated carbocycles. The van der Waals surface area contributed by atoms with E-state index >= 15 is 0 Å². The molecule has 3 aromatic rings. The molecule has 3 rings (SSSR count). The number of nitrogens with one attached hydrogen (secondary N) is 4. The second kappa shape index (κ2) is 9.48. The molecule has 0 radical (unpaired) electrons. The van der Waals surface area contributed by atoms with Crippen LogP contribution in [-0.2, 0) is 0 Å². The van der Waals surface area contributed by atoms with Crippen LogP contribution in [0.15, 0.2) is 42.6 Å². The number of rotatable bonds is 6. The monoisotopic (exact) mass is 425 g/mol. The molecule has 160 valence electrons. The Balaban J connectivity index is 1.61. The van der Waals surface area contributed by atoms with Gasteiger partial charge in [0, 0.05) is 42.5 Å². The van der Waals surface area contributed by atoms with Crippen molar-refractivity contribution in [3.05, 3.63) is 65.5 Å². The molecule has 10 nitrogen and oxygen atoms in total. The zero-order chi connectivity index (χ0) is 22.4. The summed E-state index contributed by atoms with van der Waals surface area (Å²) < 4.78 is 19.9. The van der Waals surface area contributed by atoms with Crippen molar-refractivity contribution in [2.24, 2.45) is 0 Å². The zero-order valence-corrected chi connectivity index (χ0v) is 17.0. The first-order valence-electron chi connectivity index (χ1n) is 9.15. The number of hydrazine groups is 1. The number of hydrogen-bond donors (Lipinski definition) is 4. The fourth-order valence-electron chi connectivity index (χ4n) is 2.57. The molecule has 0 aliphatic heterocycles. The van der Waals surface area contributed by atoms with Gasteiger partial charge < -0.3 is 15.4 Å². The number of aryl methyl sites for hydroxylation is 2. The molecule has 4 N–H and O–H groups in total. The van der Waals surface area contributed by atoms with Crippen LogP contribution >= 0.6 is 0 Å². The number of urea groups is 1. The Morgan fingerprint density at radius 1 is 1.03 bits per heavy atom. The van der Waals surface area contributed by atoms with Crippen LogP contribution in [0.4, 0.5) is 20.8 Å². The van der Waals surface area contributed by atoms with Gasteiger partial charge >= 0.3 is 6.03 Å². The van der Waals surface area contributed by atoms with E-state index in [-0.39, 0.29) is 28.8 Å². The van der Waals surface area contributed by atoms with Crippen molar-refractivity contribution in [3.63, 3.8) is 0 Å². The molecule has 0 fully saturated rings. The molecule has 2 aromatic heterocycles. The number of carbonyl (C=O) groups excluding carboxylic acids is 2. The molecule has 0 saturated heterocycles. The van der Waals surface area contributed by atoms with E-state index in [0.717, 1.165) is 17.5 Å². The number of hydrogen-bond acceptors (Lipinski definition) is 7. The lowest BCUT2D eigenvalue weighted by atomic mass is 10.3. The molecule has 0 bridgehead atoms. The summed E-state index contributed by atoms with van der Waals surface area (Å²) in [7, 11) is 1.48. The molecule has 31 heavy (non-hydrogen) atoms. The van der Waals surface area contributed by atoms with Crippen LogP contribution in [0.1, 0.15) is 21.9 Å². The molecular weight excluding hydrogens is 405 g/mol. The van der Waals surface area contributed by atoms with Crippen molar-refractivity contribution < 1.29 is 18.7 Å². The predicted octanol–water partition coefficient (Wildman–Crippen LogP) is 2.93. The number of aromatic nitrogens is 3. The van der Waals surface area contributed by atoms with Gasteiger partial charge in [-0.3, -0.25) is 15.2 Å². The van der Waals surface area contributed by atoms with Gasteiger partial charge in [-0.2, -0.15) is 0 Å². The van der Waals surface area contributed by atoms with Crippen LogP contribution in [-0.4, -0.2) is 33.9 Å². The molecule has 0 atom stereocenters. The number of carbonyl (C=O) groups is 2. The van der Waals surface area contributed by atoms with Crippen LogP contribution < -0.4 is 26.2 Å². The maximum atomic E-state index is 14.4. The van der Waals surface area contributed by atoms with Gasteiger partial charge in [0.15, 0.2) is 11.6 Å². The largest absolute Gasteiger partial charge is 0.454 e. The SMILES string of the molecule is CNC(=O)c1cc(Oc2ccc(NC(=O)NNc3nc(C)cc(C)n3)cc2F)ccn1. The first-order valence-corrected chi connectivity index (χ1v) is 9.15. The number of halogens is 1. The van der Waals surface area contributed by atoms with Gasteiger partial charge in [0.25, 0.3) is 5.91 Å². The molecule has 0 unspecified atom stereocenters. The summed E-state index contributed by atoms with van der Waals surface area (Å²) in [5.74, 6) is -0.709. The molecule has 0 spiro atoms. The summed E-state index contributed by atoms with van der Waals surface area (Å²) >= 11 is 0. The molecular formula is C20H20FN7O3. The standard InChI is InChI=1S/C20H20FN7O3/c1-11-8-12(2)25-19(24-11)27-28-20(30)26-13-4-5-17(15(21)9-13)31-14-6-7-23-16(10-14)18(29)22-3/h4-10H,1-3H3,(H,22,29)(H,24,25,27)(H2,26,28,30). The molecule has 11 heteroatoms. The normalized spacial score (nSPS) is 10.2. The average molecular weight is 425 g/mol. The van der Waals surface area contributed by atoms with Gasteiger partial charge in [-0.05, 0) is 38.1 Å². The minimum absolute atomic E-state index is 0.0817. The highest BCUT2D eigenvalue weighted by molar-refractivity contribution is 5.92. The van der Waals surface area contributed by atoms with Crippen molar-refractivity contribution in [3.8, 4) is 11.5 Å². The average Bonchev–Trinajstić information content (AvgIpc) is 2.73. The Bertz CT molecular complexity index is 1100. The third-order valence-corrected chi connectivity index (χ3v) is 3.88. The van der Waals surface area contributed by atoms with Crippen LogP contribution in [0.25, 0.3) is 0 Å². The summed E-state index contributed by atoms with van der Waals surface area (Å²) in [6, 6.07) is 7.95. The van der Waals surface area contributed by atoms with Crippen molar-refractivity contribution in [1.82, 2.24) is 25.7 Å². The number of nitrogens with zero attached hydrogens (tertiary/aromatic N) is 3. The van der Waals surface area contributed by atoms with Crippen molar-refractivity contribution in [1.29, 1.82) is 0 Å². The lowest BCUT2D eigenvalue weighted by Crippen LogP contribution is -2.34. The summed E-state index contributed by atoms with van der Waals surface area (Å²) in [6.45, 7) is 3.61. The van der Waals surface area contributed by atoms with Crippen LogP contribution in [0.5, 0.6) is 11.5 Å². The lowest BCUT2D eigenvalue weighted by molar-refractivity contribution is 0.0958. The topological polar surface area (TPSA) is 130 Å². The van der Waals surface area contributed by atoms with Crippen molar-refractivity contribution in [2.45, 2.75) is 13.8 Å². The van der Waals surface area contributed by atoms with Gasteiger partial charge in [-0.15, -0.1) is 0 Å². The molecule has 1 aromatic carbocycles. The van der Waals surface area contributed by atoms with Crippen LogP contribution in [0.3, 0.4) is 0 Å². The maximum absolute atomic E-state index is 14.4. The zero-order valence-electron chi connectivity index (χ0n) is 17.0. The Kier molecular flexibility index (Phi) is 6.55.